The molecule has 0 aromatic heterocycles. The number of amides is 2. The maximum absolute atomic E-state index is 13.3. The van der Waals surface area contributed by atoms with Crippen molar-refractivity contribution in [3.8, 4) is 0 Å². The molecule has 0 spiro atoms. The van der Waals surface area contributed by atoms with Crippen LogP contribution in [-0.4, -0.2) is 34.9 Å². The lowest BCUT2D eigenvalue weighted by Gasteiger charge is -2.28. The first-order chi connectivity index (χ1) is 12.9. The summed E-state index contributed by atoms with van der Waals surface area (Å²) in [6, 6.07) is 11.1. The van der Waals surface area contributed by atoms with Crippen LogP contribution in [0.15, 0.2) is 42.5 Å². The molecule has 1 saturated heterocycles. The van der Waals surface area contributed by atoms with Crippen LogP contribution in [0, 0.1) is 17.0 Å². The molecule has 0 bridgehead atoms. The van der Waals surface area contributed by atoms with Gasteiger partial charge in [-0.15, -0.1) is 0 Å². The molecule has 7 nitrogen and oxygen atoms in total. The number of hydrogen-bond acceptors (Lipinski definition) is 4. The van der Waals surface area contributed by atoms with Gasteiger partial charge in [-0.1, -0.05) is 23.7 Å². The van der Waals surface area contributed by atoms with Gasteiger partial charge in [-0.3, -0.25) is 24.6 Å². The van der Waals surface area contributed by atoms with E-state index in [4.69, 9.17) is 11.6 Å². The van der Waals surface area contributed by atoms with E-state index in [0.717, 1.165) is 6.42 Å². The Bertz CT molecular complexity index is 916. The van der Waals surface area contributed by atoms with E-state index in [1.165, 1.54) is 17.0 Å². The number of nitrogens with zero attached hydrogens (tertiary/aromatic N) is 3. The lowest BCUT2D eigenvalue weighted by Crippen LogP contribution is -2.42. The van der Waals surface area contributed by atoms with Crippen LogP contribution in [0.2, 0.25) is 5.02 Å². The second-order valence-corrected chi connectivity index (χ2v) is 6.76. The Kier molecular flexibility index (Phi) is 5.41. The molecule has 0 N–H and O–H groups in total. The number of carbonyl (C=O) groups is 2. The Morgan fingerprint density at radius 2 is 2.04 bits per heavy atom. The maximum Gasteiger partial charge on any atom is 0.273 e. The smallest absolute Gasteiger partial charge is 0.273 e. The van der Waals surface area contributed by atoms with E-state index in [0.29, 0.717) is 23.7 Å². The maximum atomic E-state index is 13.3. The SMILES string of the molecule is Cc1c(C(=O)N(CN2CCCC2=O)c2cccc(Cl)c2)cccc1[N+](=O)[O-]. The molecule has 8 heteroatoms. The topological polar surface area (TPSA) is 83.8 Å². The van der Waals surface area contributed by atoms with E-state index in [1.807, 2.05) is 0 Å². The number of nitro groups is 1. The third-order valence-electron chi connectivity index (χ3n) is 4.58. The summed E-state index contributed by atoms with van der Waals surface area (Å²) in [4.78, 5) is 39.1. The van der Waals surface area contributed by atoms with E-state index in [1.54, 1.807) is 42.2 Å². The van der Waals surface area contributed by atoms with Gasteiger partial charge in [0.05, 0.1) is 4.92 Å². The molecule has 0 radical (unpaired) electrons. The second kappa shape index (κ2) is 7.75. The van der Waals surface area contributed by atoms with Gasteiger partial charge in [0, 0.05) is 40.9 Å². The standard InChI is InChI=1S/C19H18ClN3O4/c1-13-16(7-3-8-17(13)23(26)27)19(25)22(12-21-10-4-9-18(21)24)15-6-2-5-14(20)11-15/h2-3,5-8,11H,4,9-10,12H2,1H3. The van der Waals surface area contributed by atoms with Crippen molar-refractivity contribution >= 4 is 34.8 Å². The Morgan fingerprint density at radius 1 is 1.30 bits per heavy atom. The van der Waals surface area contributed by atoms with Gasteiger partial charge in [-0.05, 0) is 37.6 Å². The molecule has 27 heavy (non-hydrogen) atoms. The summed E-state index contributed by atoms with van der Waals surface area (Å²) < 4.78 is 0. The van der Waals surface area contributed by atoms with Crippen molar-refractivity contribution in [1.82, 2.24) is 4.90 Å². The highest BCUT2D eigenvalue weighted by Crippen LogP contribution is 2.27. The van der Waals surface area contributed by atoms with Gasteiger partial charge in [0.25, 0.3) is 11.6 Å². The van der Waals surface area contributed by atoms with Gasteiger partial charge >= 0.3 is 0 Å². The zero-order valence-corrected chi connectivity index (χ0v) is 15.5. The quantitative estimate of drug-likeness (QED) is 0.577. The number of anilines is 1. The summed E-state index contributed by atoms with van der Waals surface area (Å²) in [6.07, 6.45) is 1.19. The van der Waals surface area contributed by atoms with E-state index in [2.05, 4.69) is 0 Å². The third kappa shape index (κ3) is 3.93. The van der Waals surface area contributed by atoms with Crippen LogP contribution in [0.4, 0.5) is 11.4 Å². The number of carbonyl (C=O) groups excluding carboxylic acids is 2. The zero-order valence-electron chi connectivity index (χ0n) is 14.7. The van der Waals surface area contributed by atoms with Crippen LogP contribution in [0.5, 0.6) is 0 Å². The molecule has 0 atom stereocenters. The molecule has 3 rings (SSSR count). The third-order valence-corrected chi connectivity index (χ3v) is 4.82. The van der Waals surface area contributed by atoms with E-state index in [9.17, 15) is 19.7 Å². The number of likely N-dealkylation sites (tertiary alicyclic amines) is 1. The molecule has 0 saturated carbocycles. The summed E-state index contributed by atoms with van der Waals surface area (Å²) in [5.41, 5.74) is 0.908. The van der Waals surface area contributed by atoms with Crippen molar-refractivity contribution in [3.63, 3.8) is 0 Å². The van der Waals surface area contributed by atoms with Crippen molar-refractivity contribution in [1.29, 1.82) is 0 Å². The van der Waals surface area contributed by atoms with Crippen LogP contribution in [0.3, 0.4) is 0 Å². The number of rotatable bonds is 5. The Hall–Kier alpha value is -2.93. The first-order valence-corrected chi connectivity index (χ1v) is 8.85. The van der Waals surface area contributed by atoms with Crippen LogP contribution in [-0.2, 0) is 4.79 Å². The van der Waals surface area contributed by atoms with Crippen molar-refractivity contribution in [3.05, 3.63) is 68.7 Å². The van der Waals surface area contributed by atoms with E-state index >= 15 is 0 Å². The molecule has 1 fully saturated rings. The molecule has 1 aliphatic heterocycles. The molecule has 2 aromatic carbocycles. The minimum absolute atomic E-state index is 0.0226. The highest BCUT2D eigenvalue weighted by atomic mass is 35.5. The summed E-state index contributed by atoms with van der Waals surface area (Å²) in [5.74, 6) is -0.441. The summed E-state index contributed by atoms with van der Waals surface area (Å²) in [5, 5.41) is 11.7. The minimum atomic E-state index is -0.514. The van der Waals surface area contributed by atoms with Gasteiger partial charge in [0.15, 0.2) is 0 Å². The molecule has 2 amide bonds. The van der Waals surface area contributed by atoms with Crippen LogP contribution in [0.25, 0.3) is 0 Å². The predicted octanol–water partition coefficient (Wildman–Crippen LogP) is 3.78. The number of hydrogen-bond donors (Lipinski definition) is 0. The van der Waals surface area contributed by atoms with Crippen LogP contribution >= 0.6 is 11.6 Å². The Balaban J connectivity index is 2.02. The lowest BCUT2D eigenvalue weighted by atomic mass is 10.1. The summed E-state index contributed by atoms with van der Waals surface area (Å²) in [7, 11) is 0. The first-order valence-electron chi connectivity index (χ1n) is 8.47. The van der Waals surface area contributed by atoms with Gasteiger partial charge in [0.1, 0.15) is 6.67 Å². The number of nitro benzene ring substituents is 1. The fourth-order valence-electron chi connectivity index (χ4n) is 3.13. The number of benzene rings is 2. The van der Waals surface area contributed by atoms with Gasteiger partial charge in [-0.2, -0.15) is 0 Å². The van der Waals surface area contributed by atoms with Crippen molar-refractivity contribution in [2.45, 2.75) is 19.8 Å². The van der Waals surface area contributed by atoms with E-state index < -0.39 is 10.8 Å². The van der Waals surface area contributed by atoms with Gasteiger partial charge in [0.2, 0.25) is 5.91 Å². The summed E-state index contributed by atoms with van der Waals surface area (Å²) >= 11 is 6.08. The molecular formula is C19H18ClN3O4. The normalized spacial score (nSPS) is 13.7. The molecule has 1 aliphatic rings. The first kappa shape index (κ1) is 18.8. The van der Waals surface area contributed by atoms with Crippen molar-refractivity contribution in [2.75, 3.05) is 18.1 Å². The highest BCUT2D eigenvalue weighted by molar-refractivity contribution is 6.31. The molecule has 0 aliphatic carbocycles. The monoisotopic (exact) mass is 387 g/mol. The Labute approximate surface area is 161 Å². The highest BCUT2D eigenvalue weighted by Gasteiger charge is 2.28. The number of halogens is 1. The molecule has 0 unspecified atom stereocenters. The van der Waals surface area contributed by atoms with Crippen LogP contribution in [0.1, 0.15) is 28.8 Å². The molecule has 1 heterocycles. The van der Waals surface area contributed by atoms with Crippen LogP contribution < -0.4 is 4.90 Å². The fourth-order valence-corrected chi connectivity index (χ4v) is 3.31. The van der Waals surface area contributed by atoms with Gasteiger partial charge < -0.3 is 4.90 Å². The lowest BCUT2D eigenvalue weighted by molar-refractivity contribution is -0.385. The zero-order chi connectivity index (χ0) is 19.6. The Morgan fingerprint density at radius 3 is 2.67 bits per heavy atom. The van der Waals surface area contributed by atoms with E-state index in [-0.39, 0.29) is 29.4 Å². The molecular weight excluding hydrogens is 370 g/mol. The average molecular weight is 388 g/mol. The molecule has 140 valence electrons. The molecule has 2 aromatic rings. The fraction of sp³-hybridized carbons (Fsp3) is 0.263. The van der Waals surface area contributed by atoms with Gasteiger partial charge in [-0.25, -0.2) is 0 Å². The summed E-state index contributed by atoms with van der Waals surface area (Å²) in [6.45, 7) is 2.18. The van der Waals surface area contributed by atoms with Crippen molar-refractivity contribution < 1.29 is 14.5 Å². The predicted molar refractivity (Wildman–Crippen MR) is 102 cm³/mol. The van der Waals surface area contributed by atoms with Crippen molar-refractivity contribution in [2.24, 2.45) is 0 Å². The second-order valence-electron chi connectivity index (χ2n) is 6.32. The largest absolute Gasteiger partial charge is 0.324 e. The average Bonchev–Trinajstić information content (AvgIpc) is 3.04. The minimum Gasteiger partial charge on any atom is -0.324 e.